The molecule has 0 heterocycles. The molecule has 116 valence electrons. The number of aliphatic imine (C=N–C) groups is 2. The van der Waals surface area contributed by atoms with Gasteiger partial charge in [-0.15, -0.1) is 0 Å². The summed E-state index contributed by atoms with van der Waals surface area (Å²) in [5.41, 5.74) is 0. The average molecular weight is 293 g/mol. The molecule has 0 aliphatic heterocycles. The van der Waals surface area contributed by atoms with Gasteiger partial charge in [0.05, 0.1) is 6.54 Å². The summed E-state index contributed by atoms with van der Waals surface area (Å²) in [7, 11) is 0. The van der Waals surface area contributed by atoms with E-state index in [-0.39, 0.29) is 0 Å². The van der Waals surface area contributed by atoms with Gasteiger partial charge in [0.2, 0.25) is 18.4 Å². The van der Waals surface area contributed by atoms with E-state index in [1.807, 2.05) is 0 Å². The molecule has 0 spiro atoms. The topological polar surface area (TPSA) is 91.9 Å². The molecular weight excluding hydrogens is 270 g/mol. The maximum absolute atomic E-state index is 10.1. The van der Waals surface area contributed by atoms with Crippen molar-refractivity contribution in [3.05, 3.63) is 0 Å². The van der Waals surface area contributed by atoms with Crippen LogP contribution in [0.1, 0.15) is 64.2 Å². The van der Waals surface area contributed by atoms with Crippen LogP contribution in [0.25, 0.3) is 0 Å². The highest BCUT2D eigenvalue weighted by atomic mass is 16.5. The lowest BCUT2D eigenvalue weighted by Gasteiger charge is -2.06. The molecule has 6 heteroatoms. The zero-order valence-corrected chi connectivity index (χ0v) is 12.4. The molecule has 0 radical (unpaired) electrons. The molecule has 0 saturated heterocycles. The Morgan fingerprint density at radius 1 is 0.857 bits per heavy atom. The minimum Gasteiger partial charge on any atom is -0.399 e. The number of unbranched alkanes of at least 4 members (excludes halogenated alkanes) is 8. The van der Waals surface area contributed by atoms with E-state index in [0.717, 1.165) is 32.1 Å². The van der Waals surface area contributed by atoms with Gasteiger partial charge in [0.15, 0.2) is 0 Å². The summed E-state index contributed by atoms with van der Waals surface area (Å²) >= 11 is 0. The van der Waals surface area contributed by atoms with Crippen LogP contribution in [-0.4, -0.2) is 24.9 Å². The Kier molecular flexibility index (Phi) is 14.6. The van der Waals surface area contributed by atoms with Crippen LogP contribution in [0.4, 0.5) is 0 Å². The predicted octanol–water partition coefficient (Wildman–Crippen LogP) is 3.38. The van der Waals surface area contributed by atoms with Gasteiger partial charge in [-0.25, -0.2) is 14.6 Å². The van der Waals surface area contributed by atoms with Gasteiger partial charge in [0, 0.05) is 6.42 Å². The van der Waals surface area contributed by atoms with Gasteiger partial charge >= 0.3 is 0 Å². The van der Waals surface area contributed by atoms with Gasteiger partial charge in [0.25, 0.3) is 6.26 Å². The Bertz CT molecular complexity index is 380. The van der Waals surface area contributed by atoms with Crippen molar-refractivity contribution in [1.82, 2.24) is 0 Å². The number of nitriles is 1. The van der Waals surface area contributed by atoms with E-state index in [0.29, 0.717) is 13.0 Å². The quantitative estimate of drug-likeness (QED) is 0.212. The maximum Gasteiger partial charge on any atom is 0.288 e. The van der Waals surface area contributed by atoms with E-state index in [1.54, 1.807) is 12.3 Å². The molecule has 21 heavy (non-hydrogen) atoms. The summed E-state index contributed by atoms with van der Waals surface area (Å²) in [5, 5.41) is 8.37. The van der Waals surface area contributed by atoms with E-state index in [4.69, 9.17) is 5.26 Å². The van der Waals surface area contributed by atoms with Crippen molar-refractivity contribution in [3.8, 4) is 6.26 Å². The molecule has 1 atom stereocenters. The van der Waals surface area contributed by atoms with E-state index >= 15 is 0 Å². The molecule has 0 aromatic heterocycles. The molecule has 1 unspecified atom stereocenters. The number of hydrogen-bond donors (Lipinski definition) is 0. The van der Waals surface area contributed by atoms with Crippen LogP contribution in [0.2, 0.25) is 0 Å². The molecule has 0 aliphatic rings. The summed E-state index contributed by atoms with van der Waals surface area (Å²) in [5.74, 6) is 0. The molecule has 0 N–H and O–H groups in total. The van der Waals surface area contributed by atoms with Crippen LogP contribution in [0.15, 0.2) is 9.98 Å². The van der Waals surface area contributed by atoms with Gasteiger partial charge in [-0.05, 0) is 12.8 Å². The Morgan fingerprint density at radius 3 is 1.95 bits per heavy atom. The fourth-order valence-electron chi connectivity index (χ4n) is 2.06. The normalized spacial score (nSPS) is 10.8. The first-order valence-electron chi connectivity index (χ1n) is 7.50. The SMILES string of the molecule is N#COC(CCCCCCCCCCCN=C=O)N=C=O. The van der Waals surface area contributed by atoms with Crippen LogP contribution in [0.3, 0.4) is 0 Å². The highest BCUT2D eigenvalue weighted by Crippen LogP contribution is 2.12. The van der Waals surface area contributed by atoms with Crippen molar-refractivity contribution < 1.29 is 14.3 Å². The van der Waals surface area contributed by atoms with Crippen molar-refractivity contribution in [2.75, 3.05) is 6.54 Å². The van der Waals surface area contributed by atoms with Crippen molar-refractivity contribution >= 4 is 12.2 Å². The van der Waals surface area contributed by atoms with Crippen LogP contribution < -0.4 is 0 Å². The number of isocyanates is 2. The molecule has 0 bridgehead atoms. The lowest BCUT2D eigenvalue weighted by atomic mass is 10.1. The van der Waals surface area contributed by atoms with Crippen LogP contribution >= 0.6 is 0 Å². The summed E-state index contributed by atoms with van der Waals surface area (Å²) in [6.07, 6.45) is 14.4. The van der Waals surface area contributed by atoms with E-state index in [2.05, 4.69) is 14.7 Å². The average Bonchev–Trinajstić information content (AvgIpc) is 2.48. The first-order valence-corrected chi connectivity index (χ1v) is 7.50. The van der Waals surface area contributed by atoms with E-state index in [9.17, 15) is 9.59 Å². The van der Waals surface area contributed by atoms with E-state index < -0.39 is 6.23 Å². The fourth-order valence-corrected chi connectivity index (χ4v) is 2.06. The Balaban J connectivity index is 3.30. The van der Waals surface area contributed by atoms with Crippen LogP contribution in [-0.2, 0) is 14.3 Å². The monoisotopic (exact) mass is 293 g/mol. The number of ether oxygens (including phenoxy) is 1. The Hall–Kier alpha value is -1.95. The minimum absolute atomic E-state index is 0.583. The lowest BCUT2D eigenvalue weighted by Crippen LogP contribution is -2.05. The molecular formula is C15H23N3O3. The van der Waals surface area contributed by atoms with Gasteiger partial charge in [-0.2, -0.15) is 10.3 Å². The molecule has 0 fully saturated rings. The first-order chi connectivity index (χ1) is 10.3. The molecule has 0 aliphatic carbocycles. The van der Waals surface area contributed by atoms with Gasteiger partial charge in [0.1, 0.15) is 0 Å². The van der Waals surface area contributed by atoms with Crippen LogP contribution in [0, 0.1) is 11.5 Å². The van der Waals surface area contributed by atoms with Crippen molar-refractivity contribution in [1.29, 1.82) is 5.26 Å². The standard InChI is InChI=1S/C15H23N3O3/c16-12-21-15(18-14-20)10-8-6-4-2-1-3-5-7-9-11-17-13-19/h15H,1-11H2. The van der Waals surface area contributed by atoms with Gasteiger partial charge < -0.3 is 4.74 Å². The third-order valence-electron chi connectivity index (χ3n) is 3.17. The molecule has 0 saturated carbocycles. The van der Waals surface area contributed by atoms with Crippen molar-refractivity contribution in [3.63, 3.8) is 0 Å². The highest BCUT2D eigenvalue weighted by molar-refractivity contribution is 5.33. The molecule has 0 rings (SSSR count). The number of rotatable bonds is 14. The number of nitrogens with zero attached hydrogens (tertiary/aromatic N) is 3. The zero-order valence-electron chi connectivity index (χ0n) is 12.4. The summed E-state index contributed by atoms with van der Waals surface area (Å²) in [6.45, 7) is 0.596. The molecule has 0 aromatic carbocycles. The fraction of sp³-hybridized carbons (Fsp3) is 0.800. The third-order valence-corrected chi connectivity index (χ3v) is 3.17. The number of hydrogen-bond acceptors (Lipinski definition) is 6. The zero-order chi connectivity index (χ0) is 15.6. The number of carbonyl (C=O) groups excluding carboxylic acids is 2. The molecule has 6 nitrogen and oxygen atoms in total. The molecule has 0 aromatic rings. The highest BCUT2D eigenvalue weighted by Gasteiger charge is 2.06. The minimum atomic E-state index is -0.665. The molecule has 0 amide bonds. The van der Waals surface area contributed by atoms with Crippen LogP contribution in [0.5, 0.6) is 0 Å². The van der Waals surface area contributed by atoms with Gasteiger partial charge in [-0.1, -0.05) is 44.9 Å². The van der Waals surface area contributed by atoms with Gasteiger partial charge in [-0.3, -0.25) is 0 Å². The predicted molar refractivity (Wildman–Crippen MR) is 77.8 cm³/mol. The summed E-state index contributed by atoms with van der Waals surface area (Å²) in [4.78, 5) is 26.9. The van der Waals surface area contributed by atoms with Crippen molar-refractivity contribution in [2.45, 2.75) is 70.4 Å². The summed E-state index contributed by atoms with van der Waals surface area (Å²) in [6, 6.07) is 0. The maximum atomic E-state index is 10.1. The first kappa shape index (κ1) is 19.1. The second kappa shape index (κ2) is 16.1. The smallest absolute Gasteiger partial charge is 0.288 e. The van der Waals surface area contributed by atoms with Crippen molar-refractivity contribution in [2.24, 2.45) is 9.98 Å². The lowest BCUT2D eigenvalue weighted by molar-refractivity contribution is 0.157. The Labute approximate surface area is 125 Å². The largest absolute Gasteiger partial charge is 0.399 e. The second-order valence-corrected chi connectivity index (χ2v) is 4.83. The summed E-state index contributed by atoms with van der Waals surface area (Å²) < 4.78 is 4.63. The second-order valence-electron chi connectivity index (χ2n) is 4.83. The van der Waals surface area contributed by atoms with E-state index in [1.165, 1.54) is 31.8 Å². The third kappa shape index (κ3) is 14.3. The Morgan fingerprint density at radius 2 is 1.43 bits per heavy atom.